The van der Waals surface area contributed by atoms with Gasteiger partial charge in [0.1, 0.15) is 0 Å². The smallest absolute Gasteiger partial charge is 0.274 e. The van der Waals surface area contributed by atoms with Crippen molar-refractivity contribution in [3.8, 4) is 5.75 Å². The minimum absolute atomic E-state index is 0.0369. The first-order valence-corrected chi connectivity index (χ1v) is 9.22. The van der Waals surface area contributed by atoms with Crippen molar-refractivity contribution in [3.05, 3.63) is 30.0 Å². The van der Waals surface area contributed by atoms with Gasteiger partial charge in [-0.25, -0.2) is 0 Å². The molecule has 1 N–H and O–H groups in total. The lowest BCUT2D eigenvalue weighted by molar-refractivity contribution is 0.0759. The van der Waals surface area contributed by atoms with Crippen LogP contribution in [0.5, 0.6) is 5.75 Å². The second-order valence-corrected chi connectivity index (χ2v) is 6.49. The van der Waals surface area contributed by atoms with Crippen LogP contribution < -0.4 is 10.1 Å². The van der Waals surface area contributed by atoms with E-state index in [1.54, 1.807) is 7.11 Å². The van der Waals surface area contributed by atoms with Gasteiger partial charge in [0.15, 0.2) is 11.4 Å². The first-order valence-electron chi connectivity index (χ1n) is 9.22. The third kappa shape index (κ3) is 4.15. The van der Waals surface area contributed by atoms with Crippen LogP contribution in [0.1, 0.15) is 44.6 Å². The van der Waals surface area contributed by atoms with Gasteiger partial charge in [0.2, 0.25) is 0 Å². The van der Waals surface area contributed by atoms with E-state index in [4.69, 9.17) is 4.74 Å². The summed E-state index contributed by atoms with van der Waals surface area (Å²) in [5.74, 6) is 0.721. The zero-order chi connectivity index (χ0) is 18.4. The number of methoxy groups -OCH3 is 1. The number of aryl methyl sites for hydroxylation is 1. The molecule has 0 saturated carbocycles. The van der Waals surface area contributed by atoms with E-state index in [2.05, 4.69) is 29.8 Å². The van der Waals surface area contributed by atoms with Gasteiger partial charge in [-0.1, -0.05) is 26.0 Å². The highest BCUT2D eigenvalue weighted by Crippen LogP contribution is 2.34. The summed E-state index contributed by atoms with van der Waals surface area (Å²) in [5, 5.41) is 4.44. The standard InChI is InChI=1S/C20H31N3O2/c1-6-22(7-2)20(24)18-19(25-5)16-11-8-9-12-17(16)23(18)14-10-13-21-15(3)4/h8-9,11-12,15,21H,6-7,10,13-14H2,1-5H3. The van der Waals surface area contributed by atoms with E-state index in [1.807, 2.05) is 36.9 Å². The summed E-state index contributed by atoms with van der Waals surface area (Å²) in [4.78, 5) is 15.0. The second kappa shape index (κ2) is 8.90. The second-order valence-electron chi connectivity index (χ2n) is 6.49. The fraction of sp³-hybridized carbons (Fsp3) is 0.550. The van der Waals surface area contributed by atoms with Gasteiger partial charge in [-0.15, -0.1) is 0 Å². The predicted molar refractivity (Wildman–Crippen MR) is 103 cm³/mol. The number of ether oxygens (including phenoxy) is 1. The Morgan fingerprint density at radius 1 is 1.24 bits per heavy atom. The fourth-order valence-corrected chi connectivity index (χ4v) is 3.21. The summed E-state index contributed by atoms with van der Waals surface area (Å²) in [5.41, 5.74) is 1.72. The van der Waals surface area contributed by atoms with Crippen LogP contribution in [0.25, 0.3) is 10.9 Å². The summed E-state index contributed by atoms with van der Waals surface area (Å²) in [6.45, 7) is 11.4. The van der Waals surface area contributed by atoms with Gasteiger partial charge in [-0.05, 0) is 38.9 Å². The van der Waals surface area contributed by atoms with E-state index in [9.17, 15) is 4.79 Å². The zero-order valence-electron chi connectivity index (χ0n) is 16.1. The molecule has 5 nitrogen and oxygen atoms in total. The van der Waals surface area contributed by atoms with E-state index in [0.717, 1.165) is 30.4 Å². The molecule has 2 aromatic rings. The van der Waals surface area contributed by atoms with Crippen molar-refractivity contribution < 1.29 is 9.53 Å². The normalized spacial score (nSPS) is 11.3. The van der Waals surface area contributed by atoms with E-state index < -0.39 is 0 Å². The van der Waals surface area contributed by atoms with E-state index >= 15 is 0 Å². The molecular formula is C20H31N3O2. The van der Waals surface area contributed by atoms with Crippen molar-refractivity contribution in [2.75, 3.05) is 26.7 Å². The Hall–Kier alpha value is -2.01. The van der Waals surface area contributed by atoms with Crippen molar-refractivity contribution in [1.29, 1.82) is 0 Å². The maximum Gasteiger partial charge on any atom is 0.274 e. The first-order chi connectivity index (χ1) is 12.0. The van der Waals surface area contributed by atoms with Gasteiger partial charge in [-0.3, -0.25) is 4.79 Å². The molecule has 0 aliphatic rings. The molecule has 25 heavy (non-hydrogen) atoms. The quantitative estimate of drug-likeness (QED) is 0.707. The van der Waals surface area contributed by atoms with E-state index in [0.29, 0.717) is 30.6 Å². The molecule has 0 aliphatic heterocycles. The van der Waals surface area contributed by atoms with Crippen molar-refractivity contribution in [3.63, 3.8) is 0 Å². The Bertz CT molecular complexity index is 702. The average molecular weight is 345 g/mol. The van der Waals surface area contributed by atoms with Crippen LogP contribution in [0.15, 0.2) is 24.3 Å². The number of hydrogen-bond acceptors (Lipinski definition) is 3. The number of nitrogens with one attached hydrogen (secondary N) is 1. The van der Waals surface area contributed by atoms with Crippen LogP contribution in [0.4, 0.5) is 0 Å². The minimum Gasteiger partial charge on any atom is -0.494 e. The van der Waals surface area contributed by atoms with Gasteiger partial charge < -0.3 is 19.5 Å². The zero-order valence-corrected chi connectivity index (χ0v) is 16.1. The highest BCUT2D eigenvalue weighted by molar-refractivity contribution is 6.04. The summed E-state index contributed by atoms with van der Waals surface area (Å²) >= 11 is 0. The topological polar surface area (TPSA) is 46.5 Å². The molecular weight excluding hydrogens is 314 g/mol. The number of carbonyl (C=O) groups is 1. The van der Waals surface area contributed by atoms with E-state index in [-0.39, 0.29) is 5.91 Å². The molecule has 0 radical (unpaired) electrons. The van der Waals surface area contributed by atoms with Crippen LogP contribution in [-0.4, -0.2) is 48.2 Å². The van der Waals surface area contributed by atoms with Gasteiger partial charge in [0.05, 0.1) is 12.6 Å². The largest absolute Gasteiger partial charge is 0.494 e. The summed E-state index contributed by atoms with van der Waals surface area (Å²) < 4.78 is 7.78. The molecule has 0 unspecified atom stereocenters. The third-order valence-electron chi connectivity index (χ3n) is 4.49. The summed E-state index contributed by atoms with van der Waals surface area (Å²) in [6.07, 6.45) is 0.957. The molecule has 0 fully saturated rings. The molecule has 0 spiro atoms. The molecule has 1 amide bonds. The van der Waals surface area contributed by atoms with Crippen molar-refractivity contribution >= 4 is 16.8 Å². The third-order valence-corrected chi connectivity index (χ3v) is 4.49. The van der Waals surface area contributed by atoms with Crippen LogP contribution in [0, 0.1) is 0 Å². The minimum atomic E-state index is 0.0369. The average Bonchev–Trinajstić information content (AvgIpc) is 2.93. The van der Waals surface area contributed by atoms with Crippen LogP contribution >= 0.6 is 0 Å². The number of aromatic nitrogens is 1. The van der Waals surface area contributed by atoms with Crippen molar-refractivity contribution in [2.45, 2.75) is 46.7 Å². The Kier molecular flexibility index (Phi) is 6.88. The molecule has 0 aliphatic carbocycles. The Labute approximate surface area is 150 Å². The summed E-state index contributed by atoms with van der Waals surface area (Å²) in [7, 11) is 1.64. The number of benzene rings is 1. The number of rotatable bonds is 9. The lowest BCUT2D eigenvalue weighted by Crippen LogP contribution is -2.32. The summed E-state index contributed by atoms with van der Waals surface area (Å²) in [6, 6.07) is 8.55. The maximum absolute atomic E-state index is 13.1. The Balaban J connectivity index is 2.45. The number of carbonyl (C=O) groups excluding carboxylic acids is 1. The molecule has 0 atom stereocenters. The molecule has 1 aromatic carbocycles. The highest BCUT2D eigenvalue weighted by Gasteiger charge is 2.26. The number of hydrogen-bond donors (Lipinski definition) is 1. The molecule has 2 rings (SSSR count). The van der Waals surface area contributed by atoms with Gasteiger partial charge in [0.25, 0.3) is 5.91 Å². The van der Waals surface area contributed by atoms with Gasteiger partial charge >= 0.3 is 0 Å². The molecule has 1 aromatic heterocycles. The first kappa shape index (κ1) is 19.3. The molecule has 0 saturated heterocycles. The number of para-hydroxylation sites is 1. The number of amides is 1. The van der Waals surface area contributed by atoms with Gasteiger partial charge in [0, 0.05) is 31.1 Å². The van der Waals surface area contributed by atoms with E-state index in [1.165, 1.54) is 0 Å². The van der Waals surface area contributed by atoms with Crippen LogP contribution in [0.3, 0.4) is 0 Å². The van der Waals surface area contributed by atoms with Crippen molar-refractivity contribution in [2.24, 2.45) is 0 Å². The molecule has 1 heterocycles. The maximum atomic E-state index is 13.1. The van der Waals surface area contributed by atoms with Crippen molar-refractivity contribution in [1.82, 2.24) is 14.8 Å². The van der Waals surface area contributed by atoms with Crippen LogP contribution in [0.2, 0.25) is 0 Å². The number of fused-ring (bicyclic) bond motifs is 1. The van der Waals surface area contributed by atoms with Crippen LogP contribution in [-0.2, 0) is 6.54 Å². The predicted octanol–water partition coefficient (Wildman–Crippen LogP) is 3.52. The molecule has 138 valence electrons. The highest BCUT2D eigenvalue weighted by atomic mass is 16.5. The molecule has 5 heteroatoms. The Morgan fingerprint density at radius 3 is 2.52 bits per heavy atom. The lowest BCUT2D eigenvalue weighted by atomic mass is 10.2. The monoisotopic (exact) mass is 345 g/mol. The fourth-order valence-electron chi connectivity index (χ4n) is 3.21. The lowest BCUT2D eigenvalue weighted by Gasteiger charge is -2.21. The van der Waals surface area contributed by atoms with Gasteiger partial charge in [-0.2, -0.15) is 0 Å². The molecule has 0 bridgehead atoms. The number of nitrogens with zero attached hydrogens (tertiary/aromatic N) is 2. The Morgan fingerprint density at radius 2 is 1.92 bits per heavy atom. The SMILES string of the molecule is CCN(CC)C(=O)c1c(OC)c2ccccc2n1CCCNC(C)C.